The Labute approximate surface area is 189 Å². The van der Waals surface area contributed by atoms with E-state index in [2.05, 4.69) is 10.3 Å². The maximum absolute atomic E-state index is 12.9. The minimum absolute atomic E-state index is 0.0251. The van der Waals surface area contributed by atoms with Gasteiger partial charge in [-0.1, -0.05) is 18.6 Å². The van der Waals surface area contributed by atoms with E-state index in [4.69, 9.17) is 9.47 Å². The van der Waals surface area contributed by atoms with Gasteiger partial charge in [0.15, 0.2) is 0 Å². The molecule has 170 valence electrons. The second-order valence-corrected chi connectivity index (χ2v) is 8.64. The maximum atomic E-state index is 12.9. The Hall–Kier alpha value is -2.93. The lowest BCUT2D eigenvalue weighted by molar-refractivity contribution is 0.0341. The number of carbonyl (C=O) groups is 2. The second kappa shape index (κ2) is 10.6. The predicted octanol–water partition coefficient (Wildman–Crippen LogP) is 3.31. The fourth-order valence-corrected chi connectivity index (χ4v) is 4.48. The van der Waals surface area contributed by atoms with Gasteiger partial charge in [0, 0.05) is 49.6 Å². The molecule has 1 N–H and O–H groups in total. The number of amides is 2. The summed E-state index contributed by atoms with van der Waals surface area (Å²) < 4.78 is 12.0. The topological polar surface area (TPSA) is 80.8 Å². The molecule has 2 amide bonds. The van der Waals surface area contributed by atoms with Crippen LogP contribution in [0.5, 0.6) is 5.75 Å². The molecule has 2 aliphatic rings. The molecule has 0 radical (unpaired) electrons. The third kappa shape index (κ3) is 5.46. The van der Waals surface area contributed by atoms with Gasteiger partial charge in [-0.15, -0.1) is 0 Å². The van der Waals surface area contributed by atoms with Crippen LogP contribution >= 0.6 is 0 Å². The highest BCUT2D eigenvalue weighted by Crippen LogP contribution is 2.38. The van der Waals surface area contributed by atoms with Crippen molar-refractivity contribution in [2.75, 3.05) is 39.5 Å². The SMILES string of the molecule is O=C1NCCOCCCCC2(CCN(C(=O)c3ccncc3)CC2)COc2ccccc21. The van der Waals surface area contributed by atoms with Crippen LogP contribution in [0.1, 0.15) is 52.8 Å². The van der Waals surface area contributed by atoms with Gasteiger partial charge in [-0.05, 0) is 49.9 Å². The number of nitrogens with zero attached hydrogens (tertiary/aromatic N) is 2. The lowest BCUT2D eigenvalue weighted by atomic mass is 9.75. The third-order valence-corrected chi connectivity index (χ3v) is 6.48. The molecule has 2 aliphatic heterocycles. The molecule has 0 bridgehead atoms. The van der Waals surface area contributed by atoms with Crippen LogP contribution in [0.3, 0.4) is 0 Å². The van der Waals surface area contributed by atoms with Crippen molar-refractivity contribution >= 4 is 11.8 Å². The first kappa shape index (κ1) is 22.3. The van der Waals surface area contributed by atoms with Gasteiger partial charge < -0.3 is 19.7 Å². The van der Waals surface area contributed by atoms with Crippen molar-refractivity contribution in [3.8, 4) is 5.75 Å². The standard InChI is InChI=1S/C25H31N3O4/c29-23-21-5-1-2-6-22(21)32-19-25(9-3-4-17-31-18-14-27-23)10-15-28(16-11-25)24(30)20-7-12-26-13-8-20/h1-2,5-8,12-13H,3-4,9-11,14-19H2,(H,27,29). The number of fused-ring (bicyclic) bond motifs is 1. The molecule has 4 rings (SSSR count). The molecule has 2 aromatic rings. The smallest absolute Gasteiger partial charge is 0.255 e. The van der Waals surface area contributed by atoms with Crippen LogP contribution in [0.2, 0.25) is 0 Å². The largest absolute Gasteiger partial charge is 0.492 e. The van der Waals surface area contributed by atoms with E-state index in [0.717, 1.165) is 32.1 Å². The minimum atomic E-state index is -0.145. The molecule has 32 heavy (non-hydrogen) atoms. The molecule has 1 spiro atoms. The number of hydrogen-bond acceptors (Lipinski definition) is 5. The van der Waals surface area contributed by atoms with Crippen molar-refractivity contribution in [3.63, 3.8) is 0 Å². The number of pyridine rings is 1. The van der Waals surface area contributed by atoms with Crippen LogP contribution in [0.15, 0.2) is 48.8 Å². The molecule has 7 heteroatoms. The Morgan fingerprint density at radius 3 is 2.59 bits per heavy atom. The van der Waals surface area contributed by atoms with Gasteiger partial charge in [-0.3, -0.25) is 14.6 Å². The number of benzene rings is 1. The number of ether oxygens (including phenoxy) is 2. The van der Waals surface area contributed by atoms with Crippen molar-refractivity contribution in [1.82, 2.24) is 15.2 Å². The van der Waals surface area contributed by atoms with Crippen LogP contribution in [-0.2, 0) is 4.74 Å². The summed E-state index contributed by atoms with van der Waals surface area (Å²) in [5.74, 6) is 0.519. The summed E-state index contributed by atoms with van der Waals surface area (Å²) in [6.45, 7) is 3.61. The highest BCUT2D eigenvalue weighted by Gasteiger charge is 2.37. The second-order valence-electron chi connectivity index (χ2n) is 8.64. The zero-order valence-electron chi connectivity index (χ0n) is 18.4. The number of rotatable bonds is 1. The van der Waals surface area contributed by atoms with Gasteiger partial charge in [-0.25, -0.2) is 0 Å². The van der Waals surface area contributed by atoms with E-state index in [1.54, 1.807) is 30.6 Å². The third-order valence-electron chi connectivity index (χ3n) is 6.48. The first-order valence-corrected chi connectivity index (χ1v) is 11.4. The van der Waals surface area contributed by atoms with Crippen molar-refractivity contribution in [3.05, 3.63) is 59.9 Å². The summed E-state index contributed by atoms with van der Waals surface area (Å²) in [6.07, 6.45) is 8.10. The van der Waals surface area contributed by atoms with Crippen LogP contribution < -0.4 is 10.1 Å². The summed E-state index contributed by atoms with van der Waals surface area (Å²) in [5.41, 5.74) is 1.20. The molecular formula is C25H31N3O4. The molecular weight excluding hydrogens is 406 g/mol. The molecule has 1 aromatic carbocycles. The number of piperidine rings is 1. The molecule has 3 heterocycles. The molecule has 0 aliphatic carbocycles. The molecule has 7 nitrogen and oxygen atoms in total. The number of hydrogen-bond donors (Lipinski definition) is 1. The predicted molar refractivity (Wildman–Crippen MR) is 121 cm³/mol. The lowest BCUT2D eigenvalue weighted by Gasteiger charge is -2.42. The van der Waals surface area contributed by atoms with Gasteiger partial charge in [0.25, 0.3) is 11.8 Å². The summed E-state index contributed by atoms with van der Waals surface area (Å²) in [6, 6.07) is 10.9. The monoisotopic (exact) mass is 437 g/mol. The Kier molecular flexibility index (Phi) is 7.37. The Bertz CT molecular complexity index is 910. The Morgan fingerprint density at radius 2 is 1.78 bits per heavy atom. The van der Waals surface area contributed by atoms with Crippen molar-refractivity contribution in [2.45, 2.75) is 32.1 Å². The lowest BCUT2D eigenvalue weighted by Crippen LogP contribution is -2.45. The molecule has 0 unspecified atom stereocenters. The number of nitrogens with one attached hydrogen (secondary N) is 1. The van der Waals surface area contributed by atoms with E-state index in [9.17, 15) is 9.59 Å². The zero-order valence-corrected chi connectivity index (χ0v) is 18.4. The zero-order chi connectivity index (χ0) is 22.2. The maximum Gasteiger partial charge on any atom is 0.255 e. The van der Waals surface area contributed by atoms with Gasteiger partial charge >= 0.3 is 0 Å². The van der Waals surface area contributed by atoms with Crippen LogP contribution in [-0.4, -0.2) is 61.2 Å². The highest BCUT2D eigenvalue weighted by atomic mass is 16.5. The quantitative estimate of drug-likeness (QED) is 0.740. The Balaban J connectivity index is 1.47. The van der Waals surface area contributed by atoms with E-state index >= 15 is 0 Å². The normalized spacial score (nSPS) is 19.9. The average Bonchev–Trinajstić information content (AvgIpc) is 2.84. The minimum Gasteiger partial charge on any atom is -0.492 e. The van der Waals surface area contributed by atoms with Crippen molar-refractivity contribution in [1.29, 1.82) is 0 Å². The fraction of sp³-hybridized carbons (Fsp3) is 0.480. The molecule has 1 fully saturated rings. The van der Waals surface area contributed by atoms with E-state index in [1.165, 1.54) is 0 Å². The van der Waals surface area contributed by atoms with E-state index in [0.29, 0.717) is 56.3 Å². The van der Waals surface area contributed by atoms with Crippen molar-refractivity contribution < 1.29 is 19.1 Å². The van der Waals surface area contributed by atoms with Crippen LogP contribution in [0.4, 0.5) is 0 Å². The summed E-state index contributed by atoms with van der Waals surface area (Å²) in [4.78, 5) is 31.4. The first-order valence-electron chi connectivity index (χ1n) is 11.4. The van der Waals surface area contributed by atoms with Gasteiger partial charge in [0.05, 0.1) is 18.8 Å². The number of aromatic nitrogens is 1. The summed E-state index contributed by atoms with van der Waals surface area (Å²) >= 11 is 0. The fourth-order valence-electron chi connectivity index (χ4n) is 4.48. The van der Waals surface area contributed by atoms with Crippen LogP contribution in [0.25, 0.3) is 0 Å². The Morgan fingerprint density at radius 1 is 1.00 bits per heavy atom. The van der Waals surface area contributed by atoms with E-state index < -0.39 is 0 Å². The first-order chi connectivity index (χ1) is 15.7. The van der Waals surface area contributed by atoms with E-state index in [1.807, 2.05) is 23.1 Å². The van der Waals surface area contributed by atoms with Gasteiger partial charge in [-0.2, -0.15) is 0 Å². The molecule has 0 saturated carbocycles. The van der Waals surface area contributed by atoms with Crippen molar-refractivity contribution in [2.24, 2.45) is 5.41 Å². The molecule has 0 atom stereocenters. The average molecular weight is 438 g/mol. The molecule has 1 aromatic heterocycles. The highest BCUT2D eigenvalue weighted by molar-refractivity contribution is 5.97. The van der Waals surface area contributed by atoms with Gasteiger partial charge in [0.2, 0.25) is 0 Å². The van der Waals surface area contributed by atoms with Gasteiger partial charge in [0.1, 0.15) is 5.75 Å². The number of carbonyl (C=O) groups excluding carboxylic acids is 2. The number of para-hydroxylation sites is 1. The number of likely N-dealkylation sites (tertiary alicyclic amines) is 1. The van der Waals surface area contributed by atoms with Crippen LogP contribution in [0, 0.1) is 5.41 Å². The summed E-state index contributed by atoms with van der Waals surface area (Å²) in [7, 11) is 0. The van der Waals surface area contributed by atoms with E-state index in [-0.39, 0.29) is 17.2 Å². The molecule has 1 saturated heterocycles. The summed E-state index contributed by atoms with van der Waals surface area (Å²) in [5, 5.41) is 2.91.